The number of ether oxygens (including phenoxy) is 1. The SMILES string of the molecule is CC[C@@H](C)c1ccccc1OC(=O)[C@@H]1CC(=O)N(c2ccc(C)cc2C)C1. The summed E-state index contributed by atoms with van der Waals surface area (Å²) in [5.74, 6) is 0.119. The number of benzene rings is 2. The van der Waals surface area contributed by atoms with Gasteiger partial charge in [-0.2, -0.15) is 0 Å². The van der Waals surface area contributed by atoms with Crippen molar-refractivity contribution in [2.24, 2.45) is 5.92 Å². The first-order valence-electron chi connectivity index (χ1n) is 9.59. The number of rotatable bonds is 5. The predicted octanol–water partition coefficient (Wildman–Crippen LogP) is 4.78. The quantitative estimate of drug-likeness (QED) is 0.566. The number of anilines is 1. The van der Waals surface area contributed by atoms with Gasteiger partial charge in [0.1, 0.15) is 5.75 Å². The Morgan fingerprint density at radius 2 is 1.96 bits per heavy atom. The average Bonchev–Trinajstić information content (AvgIpc) is 3.03. The first-order chi connectivity index (χ1) is 12.9. The summed E-state index contributed by atoms with van der Waals surface area (Å²) in [6.45, 7) is 8.61. The van der Waals surface area contributed by atoms with Crippen LogP contribution in [0, 0.1) is 19.8 Å². The summed E-state index contributed by atoms with van der Waals surface area (Å²) in [7, 11) is 0. The van der Waals surface area contributed by atoms with Crippen LogP contribution in [0.2, 0.25) is 0 Å². The minimum atomic E-state index is -0.441. The predicted molar refractivity (Wildman–Crippen MR) is 107 cm³/mol. The van der Waals surface area contributed by atoms with Crippen molar-refractivity contribution in [1.29, 1.82) is 0 Å². The monoisotopic (exact) mass is 365 g/mol. The van der Waals surface area contributed by atoms with Gasteiger partial charge in [0.2, 0.25) is 5.91 Å². The van der Waals surface area contributed by atoms with E-state index < -0.39 is 5.92 Å². The Hall–Kier alpha value is -2.62. The van der Waals surface area contributed by atoms with Crippen molar-refractivity contribution < 1.29 is 14.3 Å². The molecule has 2 aromatic carbocycles. The van der Waals surface area contributed by atoms with Gasteiger partial charge in [-0.3, -0.25) is 9.59 Å². The first kappa shape index (κ1) is 19.2. The zero-order chi connectivity index (χ0) is 19.6. The van der Waals surface area contributed by atoms with Gasteiger partial charge in [0, 0.05) is 18.7 Å². The number of hydrogen-bond donors (Lipinski definition) is 0. The third kappa shape index (κ3) is 4.05. The Kier molecular flexibility index (Phi) is 5.64. The van der Waals surface area contributed by atoms with Gasteiger partial charge in [0.25, 0.3) is 0 Å². The molecule has 0 N–H and O–H groups in total. The molecule has 4 nitrogen and oxygen atoms in total. The van der Waals surface area contributed by atoms with E-state index in [2.05, 4.69) is 19.9 Å². The van der Waals surface area contributed by atoms with E-state index >= 15 is 0 Å². The molecule has 3 rings (SSSR count). The third-order valence-corrected chi connectivity index (χ3v) is 5.37. The van der Waals surface area contributed by atoms with Crippen LogP contribution in [0.1, 0.15) is 49.3 Å². The maximum atomic E-state index is 12.7. The molecule has 0 bridgehead atoms. The lowest BCUT2D eigenvalue weighted by atomic mass is 9.98. The molecule has 0 unspecified atom stereocenters. The normalized spacial score (nSPS) is 17.9. The van der Waals surface area contributed by atoms with Crippen molar-refractivity contribution >= 4 is 17.6 Å². The van der Waals surface area contributed by atoms with Crippen LogP contribution >= 0.6 is 0 Å². The number of nitrogens with zero attached hydrogens (tertiary/aromatic N) is 1. The smallest absolute Gasteiger partial charge is 0.316 e. The van der Waals surface area contributed by atoms with Crippen LogP contribution in [0.3, 0.4) is 0 Å². The van der Waals surface area contributed by atoms with Gasteiger partial charge in [0.15, 0.2) is 0 Å². The minimum Gasteiger partial charge on any atom is -0.426 e. The molecule has 0 saturated carbocycles. The molecule has 27 heavy (non-hydrogen) atoms. The maximum absolute atomic E-state index is 12.7. The number of carbonyl (C=O) groups is 2. The van der Waals surface area contributed by atoms with Crippen LogP contribution in [0.4, 0.5) is 5.69 Å². The van der Waals surface area contributed by atoms with Crippen molar-refractivity contribution in [2.75, 3.05) is 11.4 Å². The van der Waals surface area contributed by atoms with Crippen LogP contribution in [0.5, 0.6) is 5.75 Å². The molecule has 0 radical (unpaired) electrons. The summed E-state index contributed by atoms with van der Waals surface area (Å²) in [6.07, 6.45) is 1.16. The van der Waals surface area contributed by atoms with Crippen LogP contribution in [0.25, 0.3) is 0 Å². The van der Waals surface area contributed by atoms with E-state index in [1.807, 2.05) is 50.2 Å². The standard InChI is InChI=1S/C23H27NO3/c1-5-16(3)19-8-6-7-9-21(19)27-23(26)18-13-22(25)24(14-18)20-11-10-15(2)12-17(20)4/h6-12,16,18H,5,13-14H2,1-4H3/t16-,18-/m1/s1. The molecule has 2 aromatic rings. The molecule has 1 amide bonds. The van der Waals surface area contributed by atoms with E-state index in [0.29, 0.717) is 18.2 Å². The lowest BCUT2D eigenvalue weighted by molar-refractivity contribution is -0.139. The third-order valence-electron chi connectivity index (χ3n) is 5.37. The Labute approximate surface area is 161 Å². The second-order valence-corrected chi connectivity index (χ2v) is 7.46. The number of para-hydroxylation sites is 1. The number of hydrogen-bond acceptors (Lipinski definition) is 3. The second kappa shape index (κ2) is 7.95. The number of aryl methyl sites for hydroxylation is 2. The zero-order valence-electron chi connectivity index (χ0n) is 16.5. The van der Waals surface area contributed by atoms with Gasteiger partial charge < -0.3 is 9.64 Å². The highest BCUT2D eigenvalue weighted by Gasteiger charge is 2.37. The largest absolute Gasteiger partial charge is 0.426 e. The van der Waals surface area contributed by atoms with Gasteiger partial charge in [0.05, 0.1) is 5.92 Å². The van der Waals surface area contributed by atoms with Crippen LogP contribution in [-0.4, -0.2) is 18.4 Å². The van der Waals surface area contributed by atoms with E-state index in [0.717, 1.165) is 28.8 Å². The molecule has 2 atom stereocenters. The van der Waals surface area contributed by atoms with Crippen molar-refractivity contribution in [3.05, 3.63) is 59.2 Å². The topological polar surface area (TPSA) is 46.6 Å². The van der Waals surface area contributed by atoms with Gasteiger partial charge in [-0.05, 0) is 49.4 Å². The molecule has 1 fully saturated rings. The van der Waals surface area contributed by atoms with Crippen LogP contribution in [-0.2, 0) is 9.59 Å². The summed E-state index contributed by atoms with van der Waals surface area (Å²) in [6, 6.07) is 13.7. The van der Waals surface area contributed by atoms with Crippen LogP contribution < -0.4 is 9.64 Å². The van der Waals surface area contributed by atoms with Crippen molar-refractivity contribution in [3.63, 3.8) is 0 Å². The maximum Gasteiger partial charge on any atom is 0.316 e. The highest BCUT2D eigenvalue weighted by atomic mass is 16.5. The van der Waals surface area contributed by atoms with E-state index in [9.17, 15) is 9.59 Å². The molecule has 0 aliphatic carbocycles. The fourth-order valence-electron chi connectivity index (χ4n) is 3.60. The number of carbonyl (C=O) groups excluding carboxylic acids is 2. The Morgan fingerprint density at radius 1 is 1.22 bits per heavy atom. The molecular formula is C23H27NO3. The van der Waals surface area contributed by atoms with Gasteiger partial charge in [-0.1, -0.05) is 49.7 Å². The molecule has 1 saturated heterocycles. The molecule has 1 aliphatic heterocycles. The molecule has 0 spiro atoms. The van der Waals surface area contributed by atoms with Crippen molar-refractivity contribution in [3.8, 4) is 5.75 Å². The van der Waals surface area contributed by atoms with Crippen molar-refractivity contribution in [2.45, 2.75) is 46.5 Å². The summed E-state index contributed by atoms with van der Waals surface area (Å²) < 4.78 is 5.72. The van der Waals surface area contributed by atoms with E-state index in [-0.39, 0.29) is 18.3 Å². The number of amides is 1. The Balaban J connectivity index is 1.75. The lowest BCUT2D eigenvalue weighted by Crippen LogP contribution is -2.28. The molecule has 1 heterocycles. The average molecular weight is 365 g/mol. The molecule has 142 valence electrons. The first-order valence-corrected chi connectivity index (χ1v) is 9.59. The Morgan fingerprint density at radius 3 is 2.67 bits per heavy atom. The molecule has 4 heteroatoms. The van der Waals surface area contributed by atoms with Gasteiger partial charge in [-0.25, -0.2) is 0 Å². The molecular weight excluding hydrogens is 338 g/mol. The summed E-state index contributed by atoms with van der Waals surface area (Å²) >= 11 is 0. The highest BCUT2D eigenvalue weighted by molar-refractivity contribution is 6.00. The summed E-state index contributed by atoms with van der Waals surface area (Å²) in [5.41, 5.74) is 4.10. The van der Waals surface area contributed by atoms with E-state index in [1.165, 1.54) is 0 Å². The highest BCUT2D eigenvalue weighted by Crippen LogP contribution is 2.32. The molecule has 0 aromatic heterocycles. The van der Waals surface area contributed by atoms with Crippen molar-refractivity contribution in [1.82, 2.24) is 0 Å². The van der Waals surface area contributed by atoms with Gasteiger partial charge in [-0.15, -0.1) is 0 Å². The molecule has 1 aliphatic rings. The van der Waals surface area contributed by atoms with E-state index in [1.54, 1.807) is 4.90 Å². The summed E-state index contributed by atoms with van der Waals surface area (Å²) in [4.78, 5) is 27.0. The minimum absolute atomic E-state index is 0.0286. The fourth-order valence-corrected chi connectivity index (χ4v) is 3.60. The zero-order valence-corrected chi connectivity index (χ0v) is 16.5. The van der Waals surface area contributed by atoms with Crippen LogP contribution in [0.15, 0.2) is 42.5 Å². The summed E-state index contributed by atoms with van der Waals surface area (Å²) in [5, 5.41) is 0. The van der Waals surface area contributed by atoms with E-state index in [4.69, 9.17) is 4.74 Å². The second-order valence-electron chi connectivity index (χ2n) is 7.46. The fraction of sp³-hybridized carbons (Fsp3) is 0.391. The lowest BCUT2D eigenvalue weighted by Gasteiger charge is -2.20. The van der Waals surface area contributed by atoms with Gasteiger partial charge >= 0.3 is 5.97 Å². The number of esters is 1. The Bertz CT molecular complexity index is 858.